The standard InChI is InChI=1S/C21H23ClFN3O5/c1-29-12-18-25-26-19(31-18)21-6-2-5-20(7-8-21,10-16(21)27)24-17(28)11-30-13-3-4-14(22)15(23)9-13/h3-4,9H,2,5-8,10-12H2,1H3,(H,24,28)/t20?,21-/m0/s1. The molecule has 0 saturated heterocycles. The lowest BCUT2D eigenvalue weighted by Gasteiger charge is -2.40. The number of halogens is 2. The van der Waals surface area contributed by atoms with Gasteiger partial charge in [-0.15, -0.1) is 10.2 Å². The molecule has 1 heterocycles. The van der Waals surface area contributed by atoms with E-state index < -0.39 is 16.8 Å². The van der Waals surface area contributed by atoms with E-state index in [0.717, 1.165) is 12.5 Å². The van der Waals surface area contributed by atoms with Gasteiger partial charge in [0.25, 0.3) is 5.91 Å². The summed E-state index contributed by atoms with van der Waals surface area (Å²) in [5, 5.41) is 11.1. The lowest BCUT2D eigenvalue weighted by atomic mass is 9.67. The minimum absolute atomic E-state index is 0.00939. The molecular weight excluding hydrogens is 429 g/mol. The average molecular weight is 452 g/mol. The van der Waals surface area contributed by atoms with E-state index in [-0.39, 0.29) is 42.1 Å². The number of nitrogens with one attached hydrogen (secondary N) is 1. The Bertz CT molecular complexity index is 999. The number of carbonyl (C=O) groups is 2. The van der Waals surface area contributed by atoms with Crippen molar-refractivity contribution in [3.05, 3.63) is 40.8 Å². The summed E-state index contributed by atoms with van der Waals surface area (Å²) in [6.45, 7) is -0.0963. The third-order valence-corrected chi connectivity index (χ3v) is 6.44. The van der Waals surface area contributed by atoms with Gasteiger partial charge in [-0.25, -0.2) is 4.39 Å². The van der Waals surface area contributed by atoms with Gasteiger partial charge < -0.3 is 19.2 Å². The molecule has 5 rings (SSSR count). The third-order valence-electron chi connectivity index (χ3n) is 6.13. The van der Waals surface area contributed by atoms with Crippen LogP contribution in [0.2, 0.25) is 5.02 Å². The highest BCUT2D eigenvalue weighted by atomic mass is 35.5. The van der Waals surface area contributed by atoms with Gasteiger partial charge in [0.1, 0.15) is 23.6 Å². The van der Waals surface area contributed by atoms with Crippen LogP contribution in [0.15, 0.2) is 22.6 Å². The van der Waals surface area contributed by atoms with Crippen molar-refractivity contribution in [3.63, 3.8) is 0 Å². The zero-order valence-electron chi connectivity index (χ0n) is 17.1. The summed E-state index contributed by atoms with van der Waals surface area (Å²) < 4.78 is 29.6. The minimum atomic E-state index is -0.805. The quantitative estimate of drug-likeness (QED) is 0.689. The van der Waals surface area contributed by atoms with Crippen molar-refractivity contribution < 1.29 is 27.9 Å². The van der Waals surface area contributed by atoms with E-state index in [4.69, 9.17) is 25.5 Å². The fourth-order valence-corrected chi connectivity index (χ4v) is 4.66. The molecule has 3 aliphatic carbocycles. The van der Waals surface area contributed by atoms with E-state index in [2.05, 4.69) is 15.5 Å². The molecule has 2 aromatic rings. The summed E-state index contributed by atoms with van der Waals surface area (Å²) in [5.74, 6) is -0.116. The molecule has 1 amide bonds. The molecule has 0 spiro atoms. The summed E-state index contributed by atoms with van der Waals surface area (Å²) in [6, 6.07) is 3.98. The molecule has 3 fully saturated rings. The maximum absolute atomic E-state index is 13.5. The normalized spacial score (nSPS) is 25.3. The van der Waals surface area contributed by atoms with Gasteiger partial charge in [-0.05, 0) is 44.2 Å². The summed E-state index contributed by atoms with van der Waals surface area (Å²) in [7, 11) is 1.53. The number of Topliss-reactive ketones (excluding diaryl/α,β-unsaturated/α-hetero) is 1. The molecule has 0 aliphatic heterocycles. The molecule has 3 aliphatic rings. The number of fused-ring (bicyclic) bond motifs is 4. The number of methoxy groups -OCH3 is 1. The fourth-order valence-electron chi connectivity index (χ4n) is 4.54. The van der Waals surface area contributed by atoms with Crippen molar-refractivity contribution in [1.82, 2.24) is 15.5 Å². The van der Waals surface area contributed by atoms with Crippen molar-refractivity contribution >= 4 is 23.3 Å². The second-order valence-corrected chi connectivity index (χ2v) is 8.57. The predicted molar refractivity (Wildman–Crippen MR) is 107 cm³/mol. The average Bonchev–Trinajstić information content (AvgIpc) is 3.06. The van der Waals surface area contributed by atoms with Gasteiger partial charge >= 0.3 is 0 Å². The largest absolute Gasteiger partial charge is 0.484 e. The highest BCUT2D eigenvalue weighted by Crippen LogP contribution is 2.48. The number of hydrogen-bond donors (Lipinski definition) is 1. The maximum Gasteiger partial charge on any atom is 0.258 e. The van der Waals surface area contributed by atoms with E-state index in [1.807, 2.05) is 0 Å². The number of aromatic nitrogens is 2. The van der Waals surface area contributed by atoms with Gasteiger partial charge in [-0.1, -0.05) is 11.6 Å². The van der Waals surface area contributed by atoms with Crippen molar-refractivity contribution in [3.8, 4) is 5.75 Å². The number of rotatable bonds is 7. The van der Waals surface area contributed by atoms with Crippen LogP contribution in [0.5, 0.6) is 5.75 Å². The van der Waals surface area contributed by atoms with E-state index >= 15 is 0 Å². The first-order valence-corrected chi connectivity index (χ1v) is 10.5. The Morgan fingerprint density at radius 2 is 2.13 bits per heavy atom. The molecule has 0 radical (unpaired) electrons. The first-order chi connectivity index (χ1) is 14.9. The summed E-state index contributed by atoms with van der Waals surface area (Å²) in [5.41, 5.74) is -1.43. The molecule has 1 aromatic heterocycles. The van der Waals surface area contributed by atoms with Gasteiger partial charge in [0.2, 0.25) is 11.8 Å². The van der Waals surface area contributed by atoms with Crippen molar-refractivity contribution in [2.75, 3.05) is 13.7 Å². The van der Waals surface area contributed by atoms with Crippen LogP contribution in [0.3, 0.4) is 0 Å². The van der Waals surface area contributed by atoms with Crippen LogP contribution in [-0.4, -0.2) is 41.1 Å². The molecule has 2 atom stereocenters. The van der Waals surface area contributed by atoms with Crippen molar-refractivity contribution in [2.24, 2.45) is 0 Å². The Kier molecular flexibility index (Phi) is 5.98. The van der Waals surface area contributed by atoms with Crippen LogP contribution in [0.1, 0.15) is 50.3 Å². The molecule has 3 saturated carbocycles. The lowest BCUT2D eigenvalue weighted by Crippen LogP contribution is -2.55. The summed E-state index contributed by atoms with van der Waals surface area (Å²) in [4.78, 5) is 25.7. The van der Waals surface area contributed by atoms with E-state index in [1.165, 1.54) is 19.2 Å². The Labute approximate surface area is 183 Å². The number of benzene rings is 1. The first-order valence-electron chi connectivity index (χ1n) is 10.1. The Morgan fingerprint density at radius 3 is 2.87 bits per heavy atom. The molecular formula is C21H23ClFN3O5. The van der Waals surface area contributed by atoms with Crippen LogP contribution in [0, 0.1) is 5.82 Å². The number of carbonyl (C=O) groups excluding carboxylic acids is 2. The second-order valence-electron chi connectivity index (χ2n) is 8.16. The molecule has 8 nitrogen and oxygen atoms in total. The van der Waals surface area contributed by atoms with E-state index in [0.29, 0.717) is 37.5 Å². The number of nitrogens with zero attached hydrogens (tertiary/aromatic N) is 2. The number of ketones is 1. The van der Waals surface area contributed by atoms with Gasteiger partial charge in [0.15, 0.2) is 12.4 Å². The molecule has 166 valence electrons. The zero-order valence-corrected chi connectivity index (χ0v) is 17.8. The van der Waals surface area contributed by atoms with Crippen LogP contribution < -0.4 is 10.1 Å². The van der Waals surface area contributed by atoms with Crippen LogP contribution in [0.25, 0.3) is 0 Å². The Hall–Kier alpha value is -2.52. The molecule has 31 heavy (non-hydrogen) atoms. The second kappa shape index (κ2) is 8.55. The Balaban J connectivity index is 1.42. The molecule has 2 bridgehead atoms. The zero-order chi connectivity index (χ0) is 22.1. The number of amides is 1. The van der Waals surface area contributed by atoms with Gasteiger partial charge in [0.05, 0.1) is 5.02 Å². The fraction of sp³-hybridized carbons (Fsp3) is 0.524. The van der Waals surface area contributed by atoms with Crippen LogP contribution in [-0.2, 0) is 26.3 Å². The Morgan fingerprint density at radius 1 is 1.29 bits per heavy atom. The van der Waals surface area contributed by atoms with Gasteiger partial charge in [0, 0.05) is 25.1 Å². The summed E-state index contributed by atoms with van der Waals surface area (Å²) in [6.07, 6.45) is 3.32. The number of hydrogen-bond acceptors (Lipinski definition) is 7. The van der Waals surface area contributed by atoms with Crippen LogP contribution in [0.4, 0.5) is 4.39 Å². The smallest absolute Gasteiger partial charge is 0.258 e. The van der Waals surface area contributed by atoms with E-state index in [1.54, 1.807) is 0 Å². The van der Waals surface area contributed by atoms with Crippen molar-refractivity contribution in [1.29, 1.82) is 0 Å². The third kappa shape index (κ3) is 4.29. The minimum Gasteiger partial charge on any atom is -0.484 e. The first kappa shape index (κ1) is 21.7. The highest BCUT2D eigenvalue weighted by molar-refractivity contribution is 6.30. The molecule has 1 N–H and O–H groups in total. The van der Waals surface area contributed by atoms with Gasteiger partial charge in [-0.2, -0.15) is 0 Å². The SMILES string of the molecule is COCc1nnc([C@@]23CCCC(NC(=O)COc4ccc(Cl)c(F)c4)(CC2)CC3=O)o1. The van der Waals surface area contributed by atoms with Crippen LogP contribution >= 0.6 is 11.6 Å². The van der Waals surface area contributed by atoms with E-state index in [9.17, 15) is 14.0 Å². The predicted octanol–water partition coefficient (Wildman–Crippen LogP) is 3.12. The maximum atomic E-state index is 13.5. The highest BCUT2D eigenvalue weighted by Gasteiger charge is 2.55. The lowest BCUT2D eigenvalue weighted by molar-refractivity contribution is -0.131. The topological polar surface area (TPSA) is 104 Å². The molecule has 10 heteroatoms. The monoisotopic (exact) mass is 451 g/mol. The summed E-state index contributed by atoms with van der Waals surface area (Å²) >= 11 is 5.65. The van der Waals surface area contributed by atoms with Crippen molar-refractivity contribution in [2.45, 2.75) is 56.1 Å². The molecule has 1 aromatic carbocycles. The molecule has 1 unspecified atom stereocenters. The number of ether oxygens (including phenoxy) is 2. The van der Waals surface area contributed by atoms with Gasteiger partial charge in [-0.3, -0.25) is 9.59 Å².